The van der Waals surface area contributed by atoms with E-state index in [0.717, 1.165) is 13.0 Å². The Kier molecular flexibility index (Phi) is 7.23. The van der Waals surface area contributed by atoms with Crippen molar-refractivity contribution in [1.82, 2.24) is 4.90 Å². The molecule has 0 atom stereocenters. The van der Waals surface area contributed by atoms with Crippen LogP contribution in [0.5, 0.6) is 0 Å². The average Bonchev–Trinajstić information content (AvgIpc) is 2.81. The Morgan fingerprint density at radius 1 is 1.12 bits per heavy atom. The number of rotatable bonds is 8. The molecule has 1 fully saturated rings. The monoisotopic (exact) mass is 227 g/mol. The van der Waals surface area contributed by atoms with Gasteiger partial charge in [0.05, 0.1) is 6.61 Å². The fraction of sp³-hybridized carbons (Fsp3) is 0.923. The molecule has 0 bridgehead atoms. The van der Waals surface area contributed by atoms with Gasteiger partial charge in [-0.05, 0) is 6.42 Å². The Labute approximate surface area is 99.1 Å². The van der Waals surface area contributed by atoms with Crippen LogP contribution in [0.4, 0.5) is 0 Å². The minimum atomic E-state index is 0.269. The smallest absolute Gasteiger partial charge is 0.224 e. The van der Waals surface area contributed by atoms with E-state index in [1.807, 2.05) is 4.90 Å². The van der Waals surface area contributed by atoms with E-state index in [0.29, 0.717) is 19.8 Å². The van der Waals surface area contributed by atoms with Crippen molar-refractivity contribution in [1.29, 1.82) is 0 Å². The largest absolute Gasteiger partial charge is 0.359 e. The second kappa shape index (κ2) is 8.57. The van der Waals surface area contributed by atoms with Gasteiger partial charge in [0.15, 0.2) is 0 Å². The standard InChI is InChI=1S/C13H25NO2/c1-2-3-4-5-6-7-8-9-13(15)14-10-11-16-12-14/h2-12H2,1H3. The molecule has 0 aromatic carbocycles. The van der Waals surface area contributed by atoms with E-state index < -0.39 is 0 Å². The number of ether oxygens (including phenoxy) is 1. The van der Waals surface area contributed by atoms with Crippen molar-refractivity contribution in [3.05, 3.63) is 0 Å². The van der Waals surface area contributed by atoms with Crippen molar-refractivity contribution in [2.75, 3.05) is 19.9 Å². The zero-order valence-electron chi connectivity index (χ0n) is 10.5. The van der Waals surface area contributed by atoms with Crippen LogP contribution in [0.25, 0.3) is 0 Å². The van der Waals surface area contributed by atoms with Gasteiger partial charge in [0.25, 0.3) is 0 Å². The molecular weight excluding hydrogens is 202 g/mol. The molecule has 1 saturated heterocycles. The van der Waals surface area contributed by atoms with E-state index in [-0.39, 0.29) is 5.91 Å². The molecule has 0 spiro atoms. The Balaban J connectivity index is 1.88. The first-order valence-corrected chi connectivity index (χ1v) is 6.70. The minimum Gasteiger partial charge on any atom is -0.359 e. The number of hydrogen-bond acceptors (Lipinski definition) is 2. The fourth-order valence-electron chi connectivity index (χ4n) is 2.00. The summed E-state index contributed by atoms with van der Waals surface area (Å²) in [6, 6.07) is 0. The molecule has 3 heteroatoms. The number of hydrogen-bond donors (Lipinski definition) is 0. The molecule has 0 aliphatic carbocycles. The molecule has 0 unspecified atom stereocenters. The highest BCUT2D eigenvalue weighted by Crippen LogP contribution is 2.10. The van der Waals surface area contributed by atoms with Gasteiger partial charge in [-0.3, -0.25) is 4.79 Å². The lowest BCUT2D eigenvalue weighted by molar-refractivity contribution is -0.131. The van der Waals surface area contributed by atoms with Gasteiger partial charge < -0.3 is 9.64 Å². The van der Waals surface area contributed by atoms with Crippen molar-refractivity contribution >= 4 is 5.91 Å². The van der Waals surface area contributed by atoms with Crippen LogP contribution in [-0.4, -0.2) is 30.7 Å². The van der Waals surface area contributed by atoms with E-state index in [9.17, 15) is 4.79 Å². The third-order valence-electron chi connectivity index (χ3n) is 3.10. The lowest BCUT2D eigenvalue weighted by Gasteiger charge is -2.12. The number of nitrogens with zero attached hydrogens (tertiary/aromatic N) is 1. The number of carbonyl (C=O) groups excluding carboxylic acids is 1. The summed E-state index contributed by atoms with van der Waals surface area (Å²) in [6.45, 7) is 4.24. The van der Waals surface area contributed by atoms with Crippen molar-refractivity contribution in [3.8, 4) is 0 Å². The van der Waals surface area contributed by atoms with Gasteiger partial charge in [0.2, 0.25) is 5.91 Å². The summed E-state index contributed by atoms with van der Waals surface area (Å²) in [6.07, 6.45) is 9.56. The van der Waals surface area contributed by atoms with Crippen LogP contribution in [0.3, 0.4) is 0 Å². The van der Waals surface area contributed by atoms with Gasteiger partial charge in [0.1, 0.15) is 6.73 Å². The van der Waals surface area contributed by atoms with Crippen molar-refractivity contribution < 1.29 is 9.53 Å². The molecule has 0 N–H and O–H groups in total. The van der Waals surface area contributed by atoms with Crippen LogP contribution in [0.2, 0.25) is 0 Å². The van der Waals surface area contributed by atoms with Crippen LogP contribution in [0, 0.1) is 0 Å². The molecule has 3 nitrogen and oxygen atoms in total. The Morgan fingerprint density at radius 2 is 1.81 bits per heavy atom. The molecule has 94 valence electrons. The van der Waals surface area contributed by atoms with Crippen LogP contribution in [0.1, 0.15) is 58.3 Å². The molecule has 0 aromatic heterocycles. The van der Waals surface area contributed by atoms with Gasteiger partial charge in [0, 0.05) is 13.0 Å². The van der Waals surface area contributed by atoms with Gasteiger partial charge in [-0.2, -0.15) is 0 Å². The molecular formula is C13H25NO2. The van der Waals surface area contributed by atoms with Gasteiger partial charge in [-0.25, -0.2) is 0 Å². The lowest BCUT2D eigenvalue weighted by atomic mass is 10.1. The van der Waals surface area contributed by atoms with E-state index >= 15 is 0 Å². The van der Waals surface area contributed by atoms with Crippen LogP contribution in [0.15, 0.2) is 0 Å². The van der Waals surface area contributed by atoms with Crippen molar-refractivity contribution in [3.63, 3.8) is 0 Å². The van der Waals surface area contributed by atoms with Gasteiger partial charge >= 0.3 is 0 Å². The highest BCUT2D eigenvalue weighted by molar-refractivity contribution is 5.76. The first-order chi connectivity index (χ1) is 7.84. The normalized spacial score (nSPS) is 15.7. The molecule has 1 heterocycles. The van der Waals surface area contributed by atoms with Gasteiger partial charge in [-0.1, -0.05) is 45.4 Å². The maximum Gasteiger partial charge on any atom is 0.224 e. The highest BCUT2D eigenvalue weighted by atomic mass is 16.5. The van der Waals surface area contributed by atoms with E-state index in [1.54, 1.807) is 0 Å². The second-order valence-electron chi connectivity index (χ2n) is 4.57. The highest BCUT2D eigenvalue weighted by Gasteiger charge is 2.17. The molecule has 16 heavy (non-hydrogen) atoms. The molecule has 1 aliphatic heterocycles. The summed E-state index contributed by atoms with van der Waals surface area (Å²) in [7, 11) is 0. The number of amides is 1. The van der Waals surface area contributed by atoms with Crippen molar-refractivity contribution in [2.45, 2.75) is 58.3 Å². The summed E-state index contributed by atoms with van der Waals surface area (Å²) in [4.78, 5) is 13.4. The molecule has 0 saturated carbocycles. The topological polar surface area (TPSA) is 29.5 Å². The Bertz CT molecular complexity index is 188. The van der Waals surface area contributed by atoms with E-state index in [4.69, 9.17) is 4.74 Å². The summed E-state index contributed by atoms with van der Waals surface area (Å²) >= 11 is 0. The Morgan fingerprint density at radius 3 is 2.44 bits per heavy atom. The third kappa shape index (κ3) is 5.50. The predicted molar refractivity (Wildman–Crippen MR) is 65.1 cm³/mol. The lowest BCUT2D eigenvalue weighted by Crippen LogP contribution is -2.27. The summed E-state index contributed by atoms with van der Waals surface area (Å²) in [5.41, 5.74) is 0. The summed E-state index contributed by atoms with van der Waals surface area (Å²) < 4.78 is 5.16. The zero-order valence-corrected chi connectivity index (χ0v) is 10.5. The first-order valence-electron chi connectivity index (χ1n) is 6.70. The molecule has 0 aromatic rings. The summed E-state index contributed by atoms with van der Waals surface area (Å²) in [5.74, 6) is 0.269. The SMILES string of the molecule is CCCCCCCCCC(=O)N1CCOC1. The van der Waals surface area contributed by atoms with Gasteiger partial charge in [-0.15, -0.1) is 0 Å². The maximum absolute atomic E-state index is 11.6. The Hall–Kier alpha value is -0.570. The van der Waals surface area contributed by atoms with Crippen LogP contribution < -0.4 is 0 Å². The zero-order chi connectivity index (χ0) is 11.6. The molecule has 1 rings (SSSR count). The average molecular weight is 227 g/mol. The molecule has 0 radical (unpaired) electrons. The number of unbranched alkanes of at least 4 members (excludes halogenated alkanes) is 6. The van der Waals surface area contributed by atoms with E-state index in [2.05, 4.69) is 6.92 Å². The quantitative estimate of drug-likeness (QED) is 0.597. The third-order valence-corrected chi connectivity index (χ3v) is 3.10. The van der Waals surface area contributed by atoms with Crippen LogP contribution >= 0.6 is 0 Å². The van der Waals surface area contributed by atoms with Crippen LogP contribution in [-0.2, 0) is 9.53 Å². The second-order valence-corrected chi connectivity index (χ2v) is 4.57. The first kappa shape index (κ1) is 13.5. The molecule has 1 amide bonds. The van der Waals surface area contributed by atoms with Crippen molar-refractivity contribution in [2.24, 2.45) is 0 Å². The summed E-state index contributed by atoms with van der Waals surface area (Å²) in [5, 5.41) is 0. The number of carbonyl (C=O) groups is 1. The fourth-order valence-corrected chi connectivity index (χ4v) is 2.00. The van der Waals surface area contributed by atoms with E-state index in [1.165, 1.54) is 38.5 Å². The minimum absolute atomic E-state index is 0.269. The predicted octanol–water partition coefficient (Wildman–Crippen LogP) is 2.94. The maximum atomic E-state index is 11.6. The molecule has 1 aliphatic rings.